The Bertz CT molecular complexity index is 507. The van der Waals surface area contributed by atoms with Crippen LogP contribution in [0, 0.1) is 6.92 Å². The monoisotopic (exact) mass is 277 g/mol. The summed E-state index contributed by atoms with van der Waals surface area (Å²) in [5.41, 5.74) is 2.34. The summed E-state index contributed by atoms with van der Waals surface area (Å²) in [6.07, 6.45) is 1.25. The van der Waals surface area contributed by atoms with Crippen LogP contribution in [0.1, 0.15) is 19.2 Å². The van der Waals surface area contributed by atoms with Crippen LogP contribution < -0.4 is 5.32 Å². The molecule has 1 N–H and O–H groups in total. The highest BCUT2D eigenvalue weighted by atomic mass is 32.2. The van der Waals surface area contributed by atoms with Gasteiger partial charge < -0.3 is 9.88 Å². The smallest absolute Gasteiger partial charge is 0.106 e. The van der Waals surface area contributed by atoms with Gasteiger partial charge in [-0.15, -0.1) is 0 Å². The molecule has 0 amide bonds. The molecule has 1 heterocycles. The first-order valence-corrected chi connectivity index (χ1v) is 8.18. The normalized spacial score (nSPS) is 11.3. The van der Waals surface area contributed by atoms with E-state index in [4.69, 9.17) is 0 Å². The van der Waals surface area contributed by atoms with Gasteiger partial charge in [0.25, 0.3) is 0 Å². The third-order valence-corrected chi connectivity index (χ3v) is 4.19. The van der Waals surface area contributed by atoms with Crippen LogP contribution in [-0.4, -0.2) is 34.1 Å². The van der Waals surface area contributed by atoms with Crippen molar-refractivity contribution in [1.82, 2.24) is 14.9 Å². The van der Waals surface area contributed by atoms with Gasteiger partial charge in [-0.1, -0.05) is 19.1 Å². The molecule has 0 aliphatic heterocycles. The van der Waals surface area contributed by atoms with Gasteiger partial charge in [-0.3, -0.25) is 0 Å². The molecule has 0 radical (unpaired) electrons. The molecular weight excluding hydrogens is 254 g/mol. The van der Waals surface area contributed by atoms with E-state index in [1.165, 1.54) is 23.4 Å². The van der Waals surface area contributed by atoms with Crippen molar-refractivity contribution in [3.8, 4) is 0 Å². The number of imidazole rings is 1. The van der Waals surface area contributed by atoms with Gasteiger partial charge in [0.2, 0.25) is 0 Å². The lowest BCUT2D eigenvalue weighted by atomic mass is 10.3. The molecule has 2 aromatic rings. The summed E-state index contributed by atoms with van der Waals surface area (Å²) in [7, 11) is 0. The number of hydrogen-bond acceptors (Lipinski definition) is 3. The number of aryl methyl sites for hydroxylation is 1. The zero-order valence-electron chi connectivity index (χ0n) is 11.9. The fourth-order valence-electron chi connectivity index (χ4n) is 2.24. The number of thioether (sulfide) groups is 1. The molecule has 0 fully saturated rings. The minimum atomic E-state index is 0.993. The van der Waals surface area contributed by atoms with E-state index in [1.54, 1.807) is 0 Å². The summed E-state index contributed by atoms with van der Waals surface area (Å²) in [6.45, 7) is 7.41. The Morgan fingerprint density at radius 2 is 2.11 bits per heavy atom. The summed E-state index contributed by atoms with van der Waals surface area (Å²) in [4.78, 5) is 4.58. The van der Waals surface area contributed by atoms with Crippen molar-refractivity contribution in [2.24, 2.45) is 0 Å². The van der Waals surface area contributed by atoms with Gasteiger partial charge in [0.15, 0.2) is 0 Å². The first kappa shape index (κ1) is 14.4. The highest BCUT2D eigenvalue weighted by Crippen LogP contribution is 2.14. The third-order valence-electron chi connectivity index (χ3n) is 3.20. The van der Waals surface area contributed by atoms with Crippen LogP contribution in [0.25, 0.3) is 11.0 Å². The van der Waals surface area contributed by atoms with E-state index in [0.29, 0.717) is 0 Å². The fraction of sp³-hybridized carbons (Fsp3) is 0.533. The molecule has 0 atom stereocenters. The number of para-hydroxylation sites is 2. The summed E-state index contributed by atoms with van der Waals surface area (Å²) < 4.78 is 2.29. The molecule has 0 aliphatic rings. The molecule has 3 nitrogen and oxygen atoms in total. The van der Waals surface area contributed by atoms with E-state index >= 15 is 0 Å². The van der Waals surface area contributed by atoms with Crippen molar-refractivity contribution in [3.63, 3.8) is 0 Å². The average Bonchev–Trinajstić information content (AvgIpc) is 2.74. The van der Waals surface area contributed by atoms with Crippen LogP contribution in [0.4, 0.5) is 0 Å². The minimum absolute atomic E-state index is 0.993. The number of rotatable bonds is 8. The van der Waals surface area contributed by atoms with Crippen molar-refractivity contribution in [3.05, 3.63) is 30.1 Å². The van der Waals surface area contributed by atoms with Crippen LogP contribution in [0.3, 0.4) is 0 Å². The summed E-state index contributed by atoms with van der Waals surface area (Å²) >= 11 is 2.01. The SMILES string of the molecule is CCSCCCNCCn1c(C)nc2ccccc21. The predicted octanol–water partition coefficient (Wildman–Crippen LogP) is 3.08. The predicted molar refractivity (Wildman–Crippen MR) is 85.0 cm³/mol. The Labute approximate surface area is 119 Å². The highest BCUT2D eigenvalue weighted by molar-refractivity contribution is 7.99. The summed E-state index contributed by atoms with van der Waals surface area (Å²) in [6, 6.07) is 8.35. The average molecular weight is 277 g/mol. The highest BCUT2D eigenvalue weighted by Gasteiger charge is 2.05. The minimum Gasteiger partial charge on any atom is -0.327 e. The third kappa shape index (κ3) is 3.98. The number of hydrogen-bond donors (Lipinski definition) is 1. The first-order chi connectivity index (χ1) is 9.33. The van der Waals surface area contributed by atoms with E-state index < -0.39 is 0 Å². The molecular formula is C15H23N3S. The lowest BCUT2D eigenvalue weighted by Gasteiger charge is -2.08. The molecule has 1 aromatic heterocycles. The van der Waals surface area contributed by atoms with Crippen LogP contribution in [0.15, 0.2) is 24.3 Å². The maximum Gasteiger partial charge on any atom is 0.106 e. The van der Waals surface area contributed by atoms with Crippen LogP contribution in [0.5, 0.6) is 0 Å². The molecule has 0 saturated heterocycles. The zero-order valence-corrected chi connectivity index (χ0v) is 12.7. The first-order valence-electron chi connectivity index (χ1n) is 7.03. The van der Waals surface area contributed by atoms with E-state index in [9.17, 15) is 0 Å². The Hall–Kier alpha value is -1.00. The molecule has 2 rings (SSSR count). The van der Waals surface area contributed by atoms with Gasteiger partial charge >= 0.3 is 0 Å². The van der Waals surface area contributed by atoms with E-state index in [-0.39, 0.29) is 0 Å². The van der Waals surface area contributed by atoms with Crippen LogP contribution in [-0.2, 0) is 6.54 Å². The Balaban J connectivity index is 1.80. The van der Waals surface area contributed by atoms with Gasteiger partial charge in [0.05, 0.1) is 11.0 Å². The van der Waals surface area contributed by atoms with Crippen molar-refractivity contribution in [1.29, 1.82) is 0 Å². The zero-order chi connectivity index (χ0) is 13.5. The van der Waals surface area contributed by atoms with Crippen molar-refractivity contribution in [2.45, 2.75) is 26.8 Å². The van der Waals surface area contributed by atoms with Gasteiger partial charge in [-0.25, -0.2) is 4.98 Å². The number of benzene rings is 1. The lowest BCUT2D eigenvalue weighted by molar-refractivity contribution is 0.595. The van der Waals surface area contributed by atoms with Gasteiger partial charge in [0, 0.05) is 13.1 Å². The second-order valence-corrected chi connectivity index (χ2v) is 5.99. The number of fused-ring (bicyclic) bond motifs is 1. The second-order valence-electron chi connectivity index (χ2n) is 4.60. The Morgan fingerprint density at radius 3 is 2.95 bits per heavy atom. The number of aromatic nitrogens is 2. The molecule has 4 heteroatoms. The topological polar surface area (TPSA) is 29.9 Å². The van der Waals surface area contributed by atoms with E-state index in [1.807, 2.05) is 17.8 Å². The molecule has 1 aromatic carbocycles. The Morgan fingerprint density at radius 1 is 1.26 bits per heavy atom. The van der Waals surface area contributed by atoms with Gasteiger partial charge in [-0.2, -0.15) is 11.8 Å². The summed E-state index contributed by atoms with van der Waals surface area (Å²) in [5.74, 6) is 3.58. The molecule has 0 saturated carbocycles. The van der Waals surface area contributed by atoms with Gasteiger partial charge in [0.1, 0.15) is 5.82 Å². The molecule has 0 aliphatic carbocycles. The molecule has 0 bridgehead atoms. The fourth-order valence-corrected chi connectivity index (χ4v) is 2.87. The number of nitrogens with one attached hydrogen (secondary N) is 1. The largest absolute Gasteiger partial charge is 0.327 e. The van der Waals surface area contributed by atoms with Crippen molar-refractivity contribution >= 4 is 22.8 Å². The lowest BCUT2D eigenvalue weighted by Crippen LogP contribution is -2.21. The molecule has 0 unspecified atom stereocenters. The van der Waals surface area contributed by atoms with Crippen LogP contribution in [0.2, 0.25) is 0 Å². The van der Waals surface area contributed by atoms with Crippen molar-refractivity contribution < 1.29 is 0 Å². The summed E-state index contributed by atoms with van der Waals surface area (Å²) in [5, 5.41) is 3.51. The number of nitrogens with zero attached hydrogens (tertiary/aromatic N) is 2. The quantitative estimate of drug-likeness (QED) is 0.752. The maximum absolute atomic E-state index is 4.58. The van der Waals surface area contributed by atoms with E-state index in [2.05, 4.69) is 46.9 Å². The maximum atomic E-state index is 4.58. The second kappa shape index (κ2) is 7.56. The molecule has 0 spiro atoms. The van der Waals surface area contributed by atoms with Crippen LogP contribution >= 0.6 is 11.8 Å². The molecule has 19 heavy (non-hydrogen) atoms. The Kier molecular flexibility index (Phi) is 5.73. The van der Waals surface area contributed by atoms with E-state index in [0.717, 1.165) is 31.0 Å². The standard InChI is InChI=1S/C15H23N3S/c1-3-19-12-6-9-16-10-11-18-13(2)17-14-7-4-5-8-15(14)18/h4-5,7-8,16H,3,6,9-12H2,1-2H3. The van der Waals surface area contributed by atoms with Crippen molar-refractivity contribution in [2.75, 3.05) is 24.6 Å². The van der Waals surface area contributed by atoms with Gasteiger partial charge in [-0.05, 0) is 43.5 Å². The molecule has 104 valence electrons.